The molecule has 1 N–H and O–H groups in total. The van der Waals surface area contributed by atoms with Gasteiger partial charge in [-0.1, -0.05) is 25.3 Å². The van der Waals surface area contributed by atoms with Gasteiger partial charge in [-0.15, -0.1) is 0 Å². The van der Waals surface area contributed by atoms with Gasteiger partial charge in [0, 0.05) is 13.1 Å². The van der Waals surface area contributed by atoms with Gasteiger partial charge >= 0.3 is 0 Å². The highest BCUT2D eigenvalue weighted by atomic mass is 16.5. The molecule has 5 heteroatoms. The van der Waals surface area contributed by atoms with Crippen LogP contribution in [0.25, 0.3) is 0 Å². The number of likely N-dealkylation sites (tertiary alicyclic amines) is 1. The fraction of sp³-hybridized carbons (Fsp3) is 0.667. The van der Waals surface area contributed by atoms with Crippen molar-refractivity contribution in [2.24, 2.45) is 11.8 Å². The van der Waals surface area contributed by atoms with E-state index in [0.717, 1.165) is 48.4 Å². The Labute approximate surface area is 157 Å². The molecule has 0 unspecified atom stereocenters. The Morgan fingerprint density at radius 3 is 2.65 bits per heavy atom. The number of nitrogens with zero attached hydrogens (tertiary/aromatic N) is 1. The number of fused-ring (bicyclic) bond motifs is 1. The maximum Gasteiger partial charge on any atom is 0.234 e. The summed E-state index contributed by atoms with van der Waals surface area (Å²) in [7, 11) is 3.27. The van der Waals surface area contributed by atoms with Gasteiger partial charge in [0.15, 0.2) is 11.5 Å². The Balaban J connectivity index is 1.40. The lowest BCUT2D eigenvalue weighted by molar-refractivity contribution is -0.123. The molecule has 2 aliphatic rings. The molecule has 0 bridgehead atoms. The molecule has 144 valence electrons. The van der Waals surface area contributed by atoms with Gasteiger partial charge in [-0.3, -0.25) is 9.69 Å². The van der Waals surface area contributed by atoms with Crippen molar-refractivity contribution in [3.05, 3.63) is 23.8 Å². The van der Waals surface area contributed by atoms with Crippen LogP contribution in [0.1, 0.15) is 37.7 Å². The highest BCUT2D eigenvalue weighted by Crippen LogP contribution is 2.35. The number of nitrogens with one attached hydrogen (secondary N) is 1. The molecule has 1 aromatic rings. The Hall–Kier alpha value is -1.75. The van der Waals surface area contributed by atoms with Crippen LogP contribution in [0.2, 0.25) is 0 Å². The van der Waals surface area contributed by atoms with E-state index >= 15 is 0 Å². The van der Waals surface area contributed by atoms with E-state index in [4.69, 9.17) is 9.47 Å². The first-order valence-corrected chi connectivity index (χ1v) is 9.89. The molecule has 2 fully saturated rings. The van der Waals surface area contributed by atoms with Gasteiger partial charge in [0.25, 0.3) is 0 Å². The summed E-state index contributed by atoms with van der Waals surface area (Å²) in [6.07, 6.45) is 7.57. The first-order valence-electron chi connectivity index (χ1n) is 9.89. The van der Waals surface area contributed by atoms with Crippen LogP contribution in [0.5, 0.6) is 11.5 Å². The minimum absolute atomic E-state index is 0.139. The summed E-state index contributed by atoms with van der Waals surface area (Å²) in [6, 6.07) is 5.89. The number of hydrogen-bond acceptors (Lipinski definition) is 4. The summed E-state index contributed by atoms with van der Waals surface area (Å²) in [4.78, 5) is 14.6. The average molecular weight is 360 g/mol. The van der Waals surface area contributed by atoms with Crippen molar-refractivity contribution in [3.63, 3.8) is 0 Å². The van der Waals surface area contributed by atoms with Crippen LogP contribution in [0.4, 0.5) is 0 Å². The molecule has 1 saturated carbocycles. The summed E-state index contributed by atoms with van der Waals surface area (Å²) >= 11 is 0. The van der Waals surface area contributed by atoms with Gasteiger partial charge in [-0.25, -0.2) is 0 Å². The fourth-order valence-corrected chi connectivity index (χ4v) is 4.46. The number of rotatable bonds is 7. The van der Waals surface area contributed by atoms with E-state index in [1.807, 2.05) is 18.2 Å². The van der Waals surface area contributed by atoms with Gasteiger partial charge in [0.1, 0.15) is 0 Å². The molecule has 0 spiro atoms. The van der Waals surface area contributed by atoms with Gasteiger partial charge in [-0.05, 0) is 55.3 Å². The van der Waals surface area contributed by atoms with Crippen molar-refractivity contribution in [3.8, 4) is 11.5 Å². The van der Waals surface area contributed by atoms with E-state index in [9.17, 15) is 4.79 Å². The predicted molar refractivity (Wildman–Crippen MR) is 103 cm³/mol. The third kappa shape index (κ3) is 4.91. The summed E-state index contributed by atoms with van der Waals surface area (Å²) in [5, 5.41) is 3.06. The van der Waals surface area contributed by atoms with Crippen LogP contribution in [-0.2, 0) is 11.2 Å². The number of methoxy groups -OCH3 is 2. The Morgan fingerprint density at radius 1 is 1.12 bits per heavy atom. The Bertz CT molecular complexity index is 605. The van der Waals surface area contributed by atoms with Crippen LogP contribution >= 0.6 is 0 Å². The number of ether oxygens (including phenoxy) is 2. The van der Waals surface area contributed by atoms with Crippen molar-refractivity contribution >= 4 is 5.91 Å². The fourth-order valence-electron chi connectivity index (χ4n) is 4.46. The number of amides is 1. The number of piperidine rings is 1. The largest absolute Gasteiger partial charge is 0.493 e. The zero-order valence-electron chi connectivity index (χ0n) is 16.1. The number of benzene rings is 1. The highest BCUT2D eigenvalue weighted by Gasteiger charge is 2.31. The molecule has 3 rings (SSSR count). The summed E-state index contributed by atoms with van der Waals surface area (Å²) < 4.78 is 10.6. The second kappa shape index (κ2) is 9.26. The van der Waals surface area contributed by atoms with Crippen LogP contribution in [0.15, 0.2) is 18.2 Å². The second-order valence-corrected chi connectivity index (χ2v) is 7.62. The Kier molecular flexibility index (Phi) is 6.78. The van der Waals surface area contributed by atoms with Gasteiger partial charge in [0.2, 0.25) is 5.91 Å². The van der Waals surface area contributed by atoms with E-state index < -0.39 is 0 Å². The van der Waals surface area contributed by atoms with Gasteiger partial charge < -0.3 is 14.8 Å². The van der Waals surface area contributed by atoms with Crippen molar-refractivity contribution in [1.82, 2.24) is 10.2 Å². The molecule has 1 aliphatic heterocycles. The van der Waals surface area contributed by atoms with E-state index in [1.54, 1.807) is 14.2 Å². The number of carbonyl (C=O) groups excluding carboxylic acids is 1. The smallest absolute Gasteiger partial charge is 0.234 e. The predicted octanol–water partition coefficient (Wildman–Crippen LogP) is 2.87. The van der Waals surface area contributed by atoms with Crippen molar-refractivity contribution < 1.29 is 14.3 Å². The Morgan fingerprint density at radius 2 is 1.88 bits per heavy atom. The lowest BCUT2D eigenvalue weighted by Crippen LogP contribution is -2.46. The van der Waals surface area contributed by atoms with Crippen LogP contribution in [0.3, 0.4) is 0 Å². The van der Waals surface area contributed by atoms with Crippen LogP contribution in [0, 0.1) is 11.8 Å². The highest BCUT2D eigenvalue weighted by molar-refractivity contribution is 5.78. The van der Waals surface area contributed by atoms with E-state index in [2.05, 4.69) is 10.2 Å². The molecule has 1 amide bonds. The molecule has 0 radical (unpaired) electrons. The molecule has 2 atom stereocenters. The zero-order valence-corrected chi connectivity index (χ0v) is 16.1. The minimum atomic E-state index is 0.139. The molecule has 5 nitrogen and oxygen atoms in total. The molecule has 26 heavy (non-hydrogen) atoms. The first-order chi connectivity index (χ1) is 12.7. The van der Waals surface area contributed by atoms with Gasteiger partial charge in [-0.2, -0.15) is 0 Å². The lowest BCUT2D eigenvalue weighted by atomic mass is 9.75. The van der Waals surface area contributed by atoms with Crippen molar-refractivity contribution in [2.45, 2.75) is 38.5 Å². The molecule has 1 aliphatic carbocycles. The molecular weight excluding hydrogens is 328 g/mol. The minimum Gasteiger partial charge on any atom is -0.493 e. The molecule has 1 saturated heterocycles. The van der Waals surface area contributed by atoms with E-state index in [0.29, 0.717) is 13.1 Å². The van der Waals surface area contributed by atoms with Crippen LogP contribution < -0.4 is 14.8 Å². The molecule has 1 aromatic carbocycles. The SMILES string of the molecule is COc1ccc(CCNC(=O)CN2CC[C@@H]3CCCC[C@@H]3C2)cc1OC. The van der Waals surface area contributed by atoms with Crippen molar-refractivity contribution in [1.29, 1.82) is 0 Å². The molecule has 0 aromatic heterocycles. The first kappa shape index (κ1) is 19.0. The maximum atomic E-state index is 12.3. The zero-order chi connectivity index (χ0) is 18.4. The quantitative estimate of drug-likeness (QED) is 0.812. The van der Waals surface area contributed by atoms with E-state index in [-0.39, 0.29) is 5.91 Å². The van der Waals surface area contributed by atoms with E-state index in [1.165, 1.54) is 32.1 Å². The normalized spacial score (nSPS) is 23.2. The average Bonchev–Trinajstić information content (AvgIpc) is 2.67. The van der Waals surface area contributed by atoms with Crippen molar-refractivity contribution in [2.75, 3.05) is 40.4 Å². The third-order valence-corrected chi connectivity index (χ3v) is 5.93. The number of carbonyl (C=O) groups is 1. The standard InChI is InChI=1S/C21H32N2O3/c1-25-19-8-7-16(13-20(19)26-2)9-11-22-21(24)15-23-12-10-17-5-3-4-6-18(17)14-23/h7-8,13,17-18H,3-6,9-12,14-15H2,1-2H3,(H,22,24)/t17-,18+/m0/s1. The van der Waals surface area contributed by atoms with Crippen LogP contribution in [-0.4, -0.2) is 51.2 Å². The second-order valence-electron chi connectivity index (χ2n) is 7.62. The van der Waals surface area contributed by atoms with Gasteiger partial charge in [0.05, 0.1) is 20.8 Å². The maximum absolute atomic E-state index is 12.3. The number of hydrogen-bond donors (Lipinski definition) is 1. The summed E-state index contributed by atoms with van der Waals surface area (Å²) in [5.74, 6) is 3.32. The topological polar surface area (TPSA) is 50.8 Å². The monoisotopic (exact) mass is 360 g/mol. The lowest BCUT2D eigenvalue weighted by Gasteiger charge is -2.41. The molecular formula is C21H32N2O3. The third-order valence-electron chi connectivity index (χ3n) is 5.93. The summed E-state index contributed by atoms with van der Waals surface area (Å²) in [5.41, 5.74) is 1.13. The summed E-state index contributed by atoms with van der Waals surface area (Å²) in [6.45, 7) is 3.36. The molecule has 1 heterocycles.